The Balaban J connectivity index is 1.94. The zero-order chi connectivity index (χ0) is 23.4. The van der Waals surface area contributed by atoms with Crippen molar-refractivity contribution in [1.82, 2.24) is 10.3 Å². The van der Waals surface area contributed by atoms with E-state index in [1.54, 1.807) is 27.7 Å². The molecule has 2 aromatic rings. The van der Waals surface area contributed by atoms with Crippen LogP contribution in [0.5, 0.6) is 0 Å². The van der Waals surface area contributed by atoms with Crippen LogP contribution in [-0.2, 0) is 25.5 Å². The number of thiazole rings is 1. The van der Waals surface area contributed by atoms with Crippen molar-refractivity contribution < 1.29 is 19.1 Å². The minimum Gasteiger partial charge on any atom is -0.462 e. The number of allylic oxidation sites excluding steroid dienone is 2. The number of nitrogens with one attached hydrogen (secondary N) is 1. The number of carbonyl (C=O) groups is 2. The van der Waals surface area contributed by atoms with Crippen LogP contribution in [0.4, 0.5) is 0 Å². The highest BCUT2D eigenvalue weighted by atomic mass is 35.5. The maximum atomic E-state index is 13.2. The van der Waals surface area contributed by atoms with Crippen LogP contribution in [0.15, 0.2) is 52.9 Å². The van der Waals surface area contributed by atoms with Crippen molar-refractivity contribution in [2.75, 3.05) is 6.61 Å². The first-order valence-electron chi connectivity index (χ1n) is 10.1. The Hall–Kier alpha value is -2.35. The molecule has 0 saturated carbocycles. The van der Waals surface area contributed by atoms with E-state index in [-0.39, 0.29) is 33.5 Å². The van der Waals surface area contributed by atoms with E-state index in [0.29, 0.717) is 22.7 Å². The fourth-order valence-corrected chi connectivity index (χ4v) is 5.06. The summed E-state index contributed by atoms with van der Waals surface area (Å²) < 4.78 is 11.3. The quantitative estimate of drug-likeness (QED) is 0.517. The van der Waals surface area contributed by atoms with Gasteiger partial charge in [0.05, 0.1) is 34.7 Å². The summed E-state index contributed by atoms with van der Waals surface area (Å²) in [7, 11) is 0. The lowest BCUT2D eigenvalue weighted by Gasteiger charge is -2.30. The van der Waals surface area contributed by atoms with Gasteiger partial charge in [-0.05, 0) is 33.3 Å². The molecule has 1 aliphatic heterocycles. The van der Waals surface area contributed by atoms with Crippen LogP contribution >= 0.6 is 34.5 Å². The Bertz CT molecular complexity index is 1080. The van der Waals surface area contributed by atoms with E-state index in [0.717, 1.165) is 16.9 Å². The van der Waals surface area contributed by atoms with Gasteiger partial charge in [-0.1, -0.05) is 53.5 Å². The zero-order valence-electron chi connectivity index (χ0n) is 18.2. The summed E-state index contributed by atoms with van der Waals surface area (Å²) in [4.78, 5) is 30.8. The summed E-state index contributed by atoms with van der Waals surface area (Å²) >= 11 is 13.6. The van der Waals surface area contributed by atoms with Gasteiger partial charge in [0.2, 0.25) is 0 Å². The van der Waals surface area contributed by atoms with Crippen molar-refractivity contribution >= 4 is 46.5 Å². The second kappa shape index (κ2) is 10.5. The second-order valence-corrected chi connectivity index (χ2v) is 9.55. The molecular formula is C23H24Cl2N2O4S. The predicted molar refractivity (Wildman–Crippen MR) is 126 cm³/mol. The van der Waals surface area contributed by atoms with E-state index in [2.05, 4.69) is 10.3 Å². The topological polar surface area (TPSA) is 77.5 Å². The van der Waals surface area contributed by atoms with Crippen molar-refractivity contribution in [3.05, 3.63) is 72.9 Å². The van der Waals surface area contributed by atoms with Gasteiger partial charge in [-0.15, -0.1) is 11.3 Å². The Morgan fingerprint density at radius 3 is 2.28 bits per heavy atom. The number of benzene rings is 1. The van der Waals surface area contributed by atoms with Crippen LogP contribution in [0.3, 0.4) is 0 Å². The molecule has 1 aliphatic rings. The summed E-state index contributed by atoms with van der Waals surface area (Å²) in [6, 6.07) is 9.72. The Morgan fingerprint density at radius 2 is 1.72 bits per heavy atom. The van der Waals surface area contributed by atoms with Gasteiger partial charge in [0, 0.05) is 17.8 Å². The number of rotatable bonds is 7. The fraction of sp³-hybridized carbons (Fsp3) is 0.348. The molecule has 0 radical (unpaired) electrons. The second-order valence-electron chi connectivity index (χ2n) is 7.58. The minimum absolute atomic E-state index is 0.136. The molecule has 170 valence electrons. The van der Waals surface area contributed by atoms with Crippen LogP contribution in [0.2, 0.25) is 9.62 Å². The van der Waals surface area contributed by atoms with Gasteiger partial charge in [0.25, 0.3) is 0 Å². The highest BCUT2D eigenvalue weighted by molar-refractivity contribution is 7.16. The van der Waals surface area contributed by atoms with Gasteiger partial charge in [-0.2, -0.15) is 0 Å². The van der Waals surface area contributed by atoms with Gasteiger partial charge in [-0.25, -0.2) is 14.6 Å². The average molecular weight is 495 g/mol. The number of dihydropyridines is 1. The fourth-order valence-electron chi connectivity index (χ4n) is 3.52. The number of hydrogen-bond acceptors (Lipinski definition) is 7. The average Bonchev–Trinajstić information content (AvgIpc) is 3.05. The third kappa shape index (κ3) is 5.52. The lowest BCUT2D eigenvalue weighted by atomic mass is 9.84. The van der Waals surface area contributed by atoms with Crippen LogP contribution in [-0.4, -0.2) is 29.6 Å². The first-order chi connectivity index (χ1) is 15.2. The highest BCUT2D eigenvalue weighted by Crippen LogP contribution is 2.45. The molecule has 32 heavy (non-hydrogen) atoms. The largest absolute Gasteiger partial charge is 0.462 e. The van der Waals surface area contributed by atoms with Crippen molar-refractivity contribution in [3.8, 4) is 0 Å². The molecule has 0 saturated heterocycles. The Kier molecular flexibility index (Phi) is 7.98. The van der Waals surface area contributed by atoms with E-state index in [1.165, 1.54) is 0 Å². The van der Waals surface area contributed by atoms with Crippen molar-refractivity contribution in [2.24, 2.45) is 0 Å². The first-order valence-corrected chi connectivity index (χ1v) is 11.7. The molecule has 0 amide bonds. The number of esters is 2. The first kappa shape index (κ1) is 24.3. The van der Waals surface area contributed by atoms with Gasteiger partial charge in [0.1, 0.15) is 5.15 Å². The molecule has 9 heteroatoms. The monoisotopic (exact) mass is 494 g/mol. The summed E-state index contributed by atoms with van der Waals surface area (Å²) in [6.07, 6.45) is 0.235. The molecule has 2 heterocycles. The number of carbonyl (C=O) groups excluding carboxylic acids is 2. The molecule has 1 aromatic carbocycles. The predicted octanol–water partition coefficient (Wildman–Crippen LogP) is 5.42. The van der Waals surface area contributed by atoms with Crippen LogP contribution in [0.1, 0.15) is 44.1 Å². The van der Waals surface area contributed by atoms with Gasteiger partial charge in [-0.3, -0.25) is 0 Å². The highest BCUT2D eigenvalue weighted by Gasteiger charge is 2.40. The number of hydrogen-bond donors (Lipinski definition) is 1. The molecule has 6 nitrogen and oxygen atoms in total. The molecule has 0 fully saturated rings. The van der Waals surface area contributed by atoms with E-state index in [4.69, 9.17) is 32.7 Å². The third-order valence-corrected chi connectivity index (χ3v) is 6.48. The van der Waals surface area contributed by atoms with E-state index in [9.17, 15) is 9.59 Å². The number of nitrogens with zero attached hydrogens (tertiary/aromatic N) is 1. The maximum Gasteiger partial charge on any atom is 0.337 e. The summed E-state index contributed by atoms with van der Waals surface area (Å²) in [5.41, 5.74) is 2.75. The Labute approximate surface area is 201 Å². The van der Waals surface area contributed by atoms with Crippen molar-refractivity contribution in [3.63, 3.8) is 0 Å². The lowest BCUT2D eigenvalue weighted by Crippen LogP contribution is -2.33. The van der Waals surface area contributed by atoms with Crippen molar-refractivity contribution in [2.45, 2.75) is 46.1 Å². The standard InChI is InChI=1S/C23H24Cl2N2O4S/c1-12(2)31-22(29)17-14(4)26-13(3)16(18(17)19-20(24)27-23(25)32-19)21(28)30-11-10-15-8-6-5-7-9-15/h5-9,12,18,26H,10-11H2,1-4H3. The van der Waals surface area contributed by atoms with Gasteiger partial charge in [0.15, 0.2) is 4.47 Å². The number of aromatic nitrogens is 1. The van der Waals surface area contributed by atoms with Crippen molar-refractivity contribution in [1.29, 1.82) is 0 Å². The maximum absolute atomic E-state index is 13.2. The summed E-state index contributed by atoms with van der Waals surface area (Å²) in [5.74, 6) is -1.89. The normalized spacial score (nSPS) is 16.3. The van der Waals surface area contributed by atoms with Gasteiger partial charge >= 0.3 is 11.9 Å². The van der Waals surface area contributed by atoms with E-state index in [1.807, 2.05) is 30.3 Å². The molecule has 1 atom stereocenters. The van der Waals surface area contributed by atoms with E-state index >= 15 is 0 Å². The number of ether oxygens (including phenoxy) is 2. The molecule has 0 bridgehead atoms. The van der Waals surface area contributed by atoms with Crippen LogP contribution in [0.25, 0.3) is 0 Å². The van der Waals surface area contributed by atoms with Gasteiger partial charge < -0.3 is 14.8 Å². The molecule has 1 unspecified atom stereocenters. The molecule has 1 aromatic heterocycles. The van der Waals surface area contributed by atoms with Crippen LogP contribution in [0, 0.1) is 0 Å². The molecular weight excluding hydrogens is 471 g/mol. The third-order valence-electron chi connectivity index (χ3n) is 4.86. The summed E-state index contributed by atoms with van der Waals surface area (Å²) in [6.45, 7) is 7.22. The van der Waals surface area contributed by atoms with E-state index < -0.39 is 17.9 Å². The molecule has 1 N–H and O–H groups in total. The summed E-state index contributed by atoms with van der Waals surface area (Å²) in [5, 5.41) is 3.25. The SMILES string of the molecule is CC1=C(C(=O)OCCc2ccccc2)C(c2sc(Cl)nc2Cl)C(C(=O)OC(C)C)=C(C)N1. The molecule has 3 rings (SSSR count). The molecule has 0 aliphatic carbocycles. The smallest absolute Gasteiger partial charge is 0.337 e. The minimum atomic E-state index is -0.802. The zero-order valence-corrected chi connectivity index (χ0v) is 20.5. The molecule has 0 spiro atoms. The Morgan fingerprint density at radius 1 is 1.09 bits per heavy atom. The number of halogens is 2. The van der Waals surface area contributed by atoms with Crippen LogP contribution < -0.4 is 5.32 Å². The lowest BCUT2D eigenvalue weighted by molar-refractivity contribution is -0.143.